The largest absolute Gasteiger partial charge is 0.595 e. The Labute approximate surface area is 146 Å². The number of hydrogen-bond donors (Lipinski definition) is 2. The van der Waals surface area contributed by atoms with Gasteiger partial charge in [0.25, 0.3) is 17.0 Å². The molecule has 0 unspecified atom stereocenters. The molecule has 0 saturated heterocycles. The lowest BCUT2D eigenvalue weighted by molar-refractivity contribution is -0.644. The van der Waals surface area contributed by atoms with Gasteiger partial charge in [0.1, 0.15) is 11.0 Å². The Morgan fingerprint density at radius 1 is 0.962 bits per heavy atom. The summed E-state index contributed by atoms with van der Waals surface area (Å²) in [6.45, 7) is 3.67. The summed E-state index contributed by atoms with van der Waals surface area (Å²) in [7, 11) is 0. The lowest BCUT2D eigenvalue weighted by Crippen LogP contribution is -2.39. The fraction of sp³-hybridized carbons (Fsp3) is 0.125. The number of para-hydroxylation sites is 2. The molecule has 10 heteroatoms. The highest BCUT2D eigenvalue weighted by Crippen LogP contribution is 2.11. The predicted molar refractivity (Wildman–Crippen MR) is 93.7 cm³/mol. The normalized spacial score (nSPS) is 10.5. The second kappa shape index (κ2) is 6.59. The van der Waals surface area contributed by atoms with E-state index in [1.165, 1.54) is 0 Å². The van der Waals surface area contributed by atoms with Crippen molar-refractivity contribution in [2.24, 2.45) is 0 Å². The van der Waals surface area contributed by atoms with Crippen molar-refractivity contribution >= 4 is 28.0 Å². The minimum absolute atomic E-state index is 0.00296. The molecule has 0 aliphatic carbocycles. The van der Waals surface area contributed by atoms with E-state index in [4.69, 9.17) is 5.73 Å². The highest BCUT2D eigenvalue weighted by Gasteiger charge is 2.09. The molecule has 0 aliphatic heterocycles. The zero-order valence-electron chi connectivity index (χ0n) is 14.0. The van der Waals surface area contributed by atoms with Crippen molar-refractivity contribution in [2.75, 3.05) is 5.73 Å². The number of hydrogen-bond acceptors (Lipinski definition) is 7. The van der Waals surface area contributed by atoms with Crippen molar-refractivity contribution in [2.45, 2.75) is 13.8 Å². The molecular formula is C16H15N7O3. The first-order valence-corrected chi connectivity index (χ1v) is 7.58. The molecule has 0 fully saturated rings. The maximum absolute atomic E-state index is 11.2. The van der Waals surface area contributed by atoms with Gasteiger partial charge >= 0.3 is 5.69 Å². The van der Waals surface area contributed by atoms with Gasteiger partial charge in [0.05, 0.1) is 5.10 Å². The number of rotatable bonds is 0. The number of benzene rings is 2. The Balaban J connectivity index is 0.000000151. The van der Waals surface area contributed by atoms with Gasteiger partial charge in [-0.3, -0.25) is 0 Å². The number of nitrogens with one attached hydrogen (secondary N) is 1. The Morgan fingerprint density at radius 2 is 1.54 bits per heavy atom. The molecule has 0 atom stereocenters. The molecule has 0 radical (unpaired) electrons. The molecule has 0 aliphatic rings. The number of fused-ring (bicyclic) bond motifs is 2. The third kappa shape index (κ3) is 3.20. The van der Waals surface area contributed by atoms with E-state index in [0.29, 0.717) is 31.8 Å². The van der Waals surface area contributed by atoms with Crippen LogP contribution in [-0.2, 0) is 0 Å². The third-order valence-corrected chi connectivity index (χ3v) is 3.69. The Bertz CT molecular complexity index is 1170. The van der Waals surface area contributed by atoms with Crippen LogP contribution in [0.25, 0.3) is 22.1 Å². The number of aromatic amines is 1. The molecule has 4 aromatic rings. The fourth-order valence-electron chi connectivity index (χ4n) is 2.45. The molecule has 132 valence electrons. The fourth-order valence-corrected chi connectivity index (χ4v) is 2.45. The molecule has 2 heterocycles. The zero-order valence-corrected chi connectivity index (χ0v) is 14.0. The van der Waals surface area contributed by atoms with E-state index in [2.05, 4.69) is 15.1 Å². The average molecular weight is 353 g/mol. The van der Waals surface area contributed by atoms with Crippen molar-refractivity contribution in [3.05, 3.63) is 68.4 Å². The molecule has 0 amide bonds. The van der Waals surface area contributed by atoms with E-state index >= 15 is 0 Å². The monoisotopic (exact) mass is 353 g/mol. The summed E-state index contributed by atoms with van der Waals surface area (Å²) in [5.74, 6) is -0.00296. The average Bonchev–Trinajstić information content (AvgIpc) is 2.57. The molecule has 2 aromatic carbocycles. The standard InChI is InChI=1S/C8H8N4O.C8H7N3O2/c1-5-3-2-4-6-7(5)10-8(9)11-12(6)13;1-5-3-2-4-6-7(5)9-8(12)10-11(6)13/h2-4H,1H3,(H2,9,10,11);2-4H,1H3,(H,9,10,12). The van der Waals surface area contributed by atoms with E-state index in [-0.39, 0.29) is 5.95 Å². The number of aryl methyl sites for hydroxylation is 2. The van der Waals surface area contributed by atoms with Crippen LogP contribution in [0, 0.1) is 24.3 Å². The van der Waals surface area contributed by atoms with Gasteiger partial charge in [-0.05, 0) is 29.8 Å². The molecule has 0 bridgehead atoms. The third-order valence-electron chi connectivity index (χ3n) is 3.69. The van der Waals surface area contributed by atoms with Gasteiger partial charge in [0.2, 0.25) is 0 Å². The van der Waals surface area contributed by atoms with E-state index < -0.39 is 5.69 Å². The highest BCUT2D eigenvalue weighted by atomic mass is 16.5. The number of aromatic nitrogens is 6. The number of H-pyrrole nitrogens is 1. The van der Waals surface area contributed by atoms with Crippen molar-refractivity contribution in [3.63, 3.8) is 0 Å². The summed E-state index contributed by atoms with van der Waals surface area (Å²) in [5, 5.41) is 27.9. The lowest BCUT2D eigenvalue weighted by Gasteiger charge is -2.00. The topological polar surface area (TPSA) is 151 Å². The van der Waals surface area contributed by atoms with E-state index in [1.54, 1.807) is 37.3 Å². The van der Waals surface area contributed by atoms with Gasteiger partial charge in [-0.1, -0.05) is 34.2 Å². The minimum Gasteiger partial charge on any atom is -0.595 e. The van der Waals surface area contributed by atoms with Crippen LogP contribution in [0.3, 0.4) is 0 Å². The van der Waals surface area contributed by atoms with Crippen LogP contribution >= 0.6 is 0 Å². The van der Waals surface area contributed by atoms with Crippen molar-refractivity contribution < 1.29 is 9.69 Å². The van der Waals surface area contributed by atoms with Crippen molar-refractivity contribution in [1.82, 2.24) is 20.2 Å². The first-order valence-electron chi connectivity index (χ1n) is 7.58. The van der Waals surface area contributed by atoms with Gasteiger partial charge in [0.15, 0.2) is 0 Å². The maximum Gasteiger partial charge on any atom is 0.395 e. The van der Waals surface area contributed by atoms with Gasteiger partial charge in [-0.15, -0.1) is 0 Å². The van der Waals surface area contributed by atoms with Gasteiger partial charge in [0, 0.05) is 12.1 Å². The molecular weight excluding hydrogens is 338 g/mol. The van der Waals surface area contributed by atoms with E-state index in [0.717, 1.165) is 11.1 Å². The number of nitrogens with two attached hydrogens (primary N) is 1. The highest BCUT2D eigenvalue weighted by molar-refractivity contribution is 5.75. The lowest BCUT2D eigenvalue weighted by atomic mass is 10.2. The number of nitrogen functional groups attached to an aromatic ring is 1. The summed E-state index contributed by atoms with van der Waals surface area (Å²) in [6, 6.07) is 10.5. The van der Waals surface area contributed by atoms with E-state index in [1.807, 2.05) is 18.1 Å². The van der Waals surface area contributed by atoms with Crippen LogP contribution in [0.5, 0.6) is 0 Å². The molecule has 10 nitrogen and oxygen atoms in total. The zero-order chi connectivity index (χ0) is 18.8. The maximum atomic E-state index is 11.2. The smallest absolute Gasteiger partial charge is 0.395 e. The van der Waals surface area contributed by atoms with Crippen LogP contribution in [0.2, 0.25) is 0 Å². The predicted octanol–water partition coefficient (Wildman–Crippen LogP) is 0.0187. The molecule has 26 heavy (non-hydrogen) atoms. The summed E-state index contributed by atoms with van der Waals surface area (Å²) in [4.78, 5) is 19.5. The molecule has 2 aromatic heterocycles. The van der Waals surface area contributed by atoms with Gasteiger partial charge < -0.3 is 16.1 Å². The van der Waals surface area contributed by atoms with E-state index in [9.17, 15) is 15.2 Å². The number of anilines is 1. The van der Waals surface area contributed by atoms with Crippen molar-refractivity contribution in [3.8, 4) is 0 Å². The Hall–Kier alpha value is -3.82. The molecule has 0 spiro atoms. The Kier molecular flexibility index (Phi) is 4.31. The second-order valence-electron chi connectivity index (χ2n) is 5.55. The molecule has 4 rings (SSSR count). The van der Waals surface area contributed by atoms with Crippen molar-refractivity contribution in [1.29, 1.82) is 0 Å². The minimum atomic E-state index is -0.628. The van der Waals surface area contributed by atoms with Gasteiger partial charge in [-0.2, -0.15) is 4.98 Å². The first kappa shape index (κ1) is 17.0. The summed E-state index contributed by atoms with van der Waals surface area (Å²) < 4.78 is 0. The SMILES string of the molecule is Cc1cccc2c1nc(=O)[nH][n+]2[O-].Cc1cccc2c1nc(N)n[n+]2[O-]. The summed E-state index contributed by atoms with van der Waals surface area (Å²) >= 11 is 0. The summed E-state index contributed by atoms with van der Waals surface area (Å²) in [5.41, 5.74) is 8.31. The second-order valence-corrected chi connectivity index (χ2v) is 5.55. The quantitative estimate of drug-likeness (QED) is 0.334. The Morgan fingerprint density at radius 3 is 2.19 bits per heavy atom. The van der Waals surface area contributed by atoms with Crippen LogP contribution in [0.15, 0.2) is 41.2 Å². The summed E-state index contributed by atoms with van der Waals surface area (Å²) in [6.07, 6.45) is 0. The van der Waals surface area contributed by atoms with Crippen LogP contribution in [0.1, 0.15) is 11.1 Å². The number of nitrogens with zero attached hydrogens (tertiary/aromatic N) is 5. The first-order chi connectivity index (χ1) is 12.4. The molecule has 0 saturated carbocycles. The van der Waals surface area contributed by atoms with Crippen LogP contribution < -0.4 is 21.1 Å². The molecule has 3 N–H and O–H groups in total. The van der Waals surface area contributed by atoms with Crippen LogP contribution in [-0.4, -0.2) is 20.2 Å². The van der Waals surface area contributed by atoms with Gasteiger partial charge in [-0.25, -0.2) is 9.78 Å². The van der Waals surface area contributed by atoms with Crippen LogP contribution in [0.4, 0.5) is 5.95 Å².